The minimum absolute atomic E-state index is 0.147. The number of rotatable bonds is 4. The van der Waals surface area contributed by atoms with Crippen LogP contribution in [0.25, 0.3) is 0 Å². The fourth-order valence-corrected chi connectivity index (χ4v) is 2.09. The zero-order valence-corrected chi connectivity index (χ0v) is 9.29. The van der Waals surface area contributed by atoms with Crippen LogP contribution in [0.15, 0.2) is 22.5 Å². The van der Waals surface area contributed by atoms with Gasteiger partial charge < -0.3 is 16.4 Å². The quantitative estimate of drug-likeness (QED) is 0.568. The molecule has 1 rings (SSSR count). The van der Waals surface area contributed by atoms with Crippen molar-refractivity contribution in [3.63, 3.8) is 0 Å². The van der Waals surface area contributed by atoms with Crippen molar-refractivity contribution in [2.24, 2.45) is 16.5 Å². The Morgan fingerprint density at radius 1 is 1.57 bits per heavy atom. The van der Waals surface area contributed by atoms with Crippen molar-refractivity contribution in [2.75, 3.05) is 20.6 Å². The van der Waals surface area contributed by atoms with Crippen LogP contribution in [0.2, 0.25) is 0 Å². The van der Waals surface area contributed by atoms with E-state index in [0.29, 0.717) is 6.54 Å². The Bertz CT molecular complexity index is 288. The van der Waals surface area contributed by atoms with Gasteiger partial charge in [0.1, 0.15) is 0 Å². The molecule has 0 fully saturated rings. The highest BCUT2D eigenvalue weighted by molar-refractivity contribution is 7.10. The second kappa shape index (κ2) is 4.97. The van der Waals surface area contributed by atoms with Gasteiger partial charge in [-0.15, -0.1) is 11.3 Å². The summed E-state index contributed by atoms with van der Waals surface area (Å²) in [7, 11) is 4.04. The molecule has 0 spiro atoms. The lowest BCUT2D eigenvalue weighted by Crippen LogP contribution is -2.27. The van der Waals surface area contributed by atoms with Gasteiger partial charge in [0.25, 0.3) is 0 Å². The van der Waals surface area contributed by atoms with E-state index >= 15 is 0 Å². The summed E-state index contributed by atoms with van der Waals surface area (Å²) in [5.74, 6) is 0.147. The van der Waals surface area contributed by atoms with Gasteiger partial charge in [-0.3, -0.25) is 4.99 Å². The Morgan fingerprint density at radius 3 is 2.71 bits per heavy atom. The molecule has 0 bridgehead atoms. The van der Waals surface area contributed by atoms with E-state index in [2.05, 4.69) is 21.3 Å². The lowest BCUT2D eigenvalue weighted by atomic mass is 10.2. The third-order valence-electron chi connectivity index (χ3n) is 1.94. The van der Waals surface area contributed by atoms with Crippen molar-refractivity contribution in [2.45, 2.75) is 6.04 Å². The van der Waals surface area contributed by atoms with Gasteiger partial charge in [0.15, 0.2) is 5.96 Å². The monoisotopic (exact) mass is 212 g/mol. The maximum Gasteiger partial charge on any atom is 0.185 e. The smallest absolute Gasteiger partial charge is 0.185 e. The second-order valence-electron chi connectivity index (χ2n) is 3.26. The van der Waals surface area contributed by atoms with E-state index in [-0.39, 0.29) is 12.0 Å². The topological polar surface area (TPSA) is 67.6 Å². The molecule has 1 aromatic rings. The number of guanidine groups is 1. The molecule has 1 aromatic heterocycles. The SMILES string of the molecule is CN(C)[C@H](CN=C(N)N)c1cccs1. The van der Waals surface area contributed by atoms with E-state index in [1.807, 2.05) is 20.2 Å². The van der Waals surface area contributed by atoms with Gasteiger partial charge in [-0.05, 0) is 25.5 Å². The molecule has 0 saturated carbocycles. The molecule has 0 saturated heterocycles. The largest absolute Gasteiger partial charge is 0.370 e. The van der Waals surface area contributed by atoms with Gasteiger partial charge in [-0.2, -0.15) is 0 Å². The van der Waals surface area contributed by atoms with Crippen molar-refractivity contribution in [3.8, 4) is 0 Å². The van der Waals surface area contributed by atoms with Crippen molar-refractivity contribution in [3.05, 3.63) is 22.4 Å². The van der Waals surface area contributed by atoms with E-state index in [0.717, 1.165) is 0 Å². The van der Waals surface area contributed by atoms with Gasteiger partial charge in [0.2, 0.25) is 0 Å². The minimum Gasteiger partial charge on any atom is -0.370 e. The molecule has 1 atom stereocenters. The average molecular weight is 212 g/mol. The predicted octanol–water partition coefficient (Wildman–Crippen LogP) is 0.624. The summed E-state index contributed by atoms with van der Waals surface area (Å²) >= 11 is 1.72. The summed E-state index contributed by atoms with van der Waals surface area (Å²) in [5.41, 5.74) is 10.6. The maximum atomic E-state index is 5.31. The van der Waals surface area contributed by atoms with E-state index in [9.17, 15) is 0 Å². The second-order valence-corrected chi connectivity index (χ2v) is 4.24. The van der Waals surface area contributed by atoms with E-state index in [1.165, 1.54) is 4.88 Å². The molecule has 0 unspecified atom stereocenters. The van der Waals surface area contributed by atoms with Crippen LogP contribution in [-0.2, 0) is 0 Å². The number of aliphatic imine (C=N–C) groups is 1. The van der Waals surface area contributed by atoms with Crippen LogP contribution in [0.3, 0.4) is 0 Å². The van der Waals surface area contributed by atoms with Crippen LogP contribution < -0.4 is 11.5 Å². The zero-order valence-electron chi connectivity index (χ0n) is 8.47. The molecule has 4 nitrogen and oxygen atoms in total. The summed E-state index contributed by atoms with van der Waals surface area (Å²) in [5, 5.41) is 2.06. The van der Waals surface area contributed by atoms with Gasteiger partial charge in [0.05, 0.1) is 12.6 Å². The molecule has 0 aromatic carbocycles. The summed E-state index contributed by atoms with van der Waals surface area (Å²) in [6.45, 7) is 0.607. The molecule has 0 aliphatic rings. The Labute approximate surface area is 88.2 Å². The first-order valence-corrected chi connectivity index (χ1v) is 5.24. The molecule has 4 N–H and O–H groups in total. The minimum atomic E-state index is 0.147. The van der Waals surface area contributed by atoms with Crippen LogP contribution in [0, 0.1) is 0 Å². The molecule has 0 radical (unpaired) electrons. The van der Waals surface area contributed by atoms with E-state index in [1.54, 1.807) is 11.3 Å². The van der Waals surface area contributed by atoms with Crippen molar-refractivity contribution in [1.29, 1.82) is 0 Å². The number of nitrogens with zero attached hydrogens (tertiary/aromatic N) is 2. The first-order chi connectivity index (χ1) is 6.61. The van der Waals surface area contributed by atoms with Crippen molar-refractivity contribution < 1.29 is 0 Å². The third kappa shape index (κ3) is 3.01. The van der Waals surface area contributed by atoms with E-state index < -0.39 is 0 Å². The van der Waals surface area contributed by atoms with Crippen LogP contribution in [0.4, 0.5) is 0 Å². The number of thiophene rings is 1. The standard InChI is InChI=1S/C9H16N4S/c1-13(2)7(6-12-9(10)11)8-4-3-5-14-8/h3-5,7H,6H2,1-2H3,(H4,10,11,12)/t7-/m1/s1. The Kier molecular flexibility index (Phi) is 3.91. The molecular formula is C9H16N4S. The molecular weight excluding hydrogens is 196 g/mol. The van der Waals surface area contributed by atoms with Crippen LogP contribution in [0.1, 0.15) is 10.9 Å². The highest BCUT2D eigenvalue weighted by atomic mass is 32.1. The summed E-state index contributed by atoms with van der Waals surface area (Å²) in [6, 6.07) is 4.39. The zero-order chi connectivity index (χ0) is 10.6. The highest BCUT2D eigenvalue weighted by Gasteiger charge is 2.13. The van der Waals surface area contributed by atoms with Crippen LogP contribution in [-0.4, -0.2) is 31.5 Å². The van der Waals surface area contributed by atoms with Crippen molar-refractivity contribution in [1.82, 2.24) is 4.90 Å². The molecule has 5 heteroatoms. The fourth-order valence-electron chi connectivity index (χ4n) is 1.18. The third-order valence-corrected chi connectivity index (χ3v) is 2.92. The molecule has 14 heavy (non-hydrogen) atoms. The lowest BCUT2D eigenvalue weighted by Gasteiger charge is -2.21. The normalized spacial score (nSPS) is 12.8. The molecule has 78 valence electrons. The fraction of sp³-hybridized carbons (Fsp3) is 0.444. The van der Waals surface area contributed by atoms with Gasteiger partial charge in [-0.1, -0.05) is 6.07 Å². The van der Waals surface area contributed by atoms with Crippen LogP contribution >= 0.6 is 11.3 Å². The Hall–Kier alpha value is -1.07. The van der Waals surface area contributed by atoms with Gasteiger partial charge >= 0.3 is 0 Å². The summed E-state index contributed by atoms with van der Waals surface area (Å²) in [6.07, 6.45) is 0. The number of hydrogen-bond acceptors (Lipinski definition) is 3. The van der Waals surface area contributed by atoms with Crippen LogP contribution in [0.5, 0.6) is 0 Å². The Balaban J connectivity index is 2.71. The number of likely N-dealkylation sites (N-methyl/N-ethyl adjacent to an activating group) is 1. The first kappa shape index (κ1) is 11.0. The first-order valence-electron chi connectivity index (χ1n) is 4.36. The maximum absolute atomic E-state index is 5.31. The molecule has 0 amide bonds. The number of hydrogen-bond donors (Lipinski definition) is 2. The lowest BCUT2D eigenvalue weighted by molar-refractivity contribution is 0.311. The van der Waals surface area contributed by atoms with Gasteiger partial charge in [0, 0.05) is 4.88 Å². The van der Waals surface area contributed by atoms with Crippen molar-refractivity contribution >= 4 is 17.3 Å². The molecule has 0 aliphatic carbocycles. The number of nitrogens with two attached hydrogens (primary N) is 2. The van der Waals surface area contributed by atoms with Gasteiger partial charge in [-0.25, -0.2) is 0 Å². The van der Waals surface area contributed by atoms with E-state index in [4.69, 9.17) is 11.5 Å². The summed E-state index contributed by atoms with van der Waals surface area (Å²) < 4.78 is 0. The average Bonchev–Trinajstić information content (AvgIpc) is 2.56. The highest BCUT2D eigenvalue weighted by Crippen LogP contribution is 2.23. The Morgan fingerprint density at radius 2 is 2.29 bits per heavy atom. The molecule has 0 aliphatic heterocycles. The molecule has 1 heterocycles. The summed E-state index contributed by atoms with van der Waals surface area (Å²) in [4.78, 5) is 7.43. The predicted molar refractivity (Wildman–Crippen MR) is 61.4 cm³/mol.